The number of nitrogens with zero attached hydrogens (tertiary/aromatic N) is 1. The van der Waals surface area contributed by atoms with E-state index in [4.69, 9.17) is 5.11 Å². The normalized spacial score (nSPS) is 22.7. The predicted octanol–water partition coefficient (Wildman–Crippen LogP) is 1.42. The fourth-order valence-electron chi connectivity index (χ4n) is 1.87. The number of carboxylic acid groups (broad SMARTS) is 1. The van der Waals surface area contributed by atoms with Crippen LogP contribution in [-0.4, -0.2) is 34.5 Å². The molecule has 1 rings (SSSR count). The molecule has 0 aromatic carbocycles. The number of rotatable bonds is 2. The van der Waals surface area contributed by atoms with Crippen molar-refractivity contribution in [3.05, 3.63) is 12.2 Å². The van der Waals surface area contributed by atoms with Crippen molar-refractivity contribution in [3.63, 3.8) is 0 Å². The third-order valence-electron chi connectivity index (χ3n) is 2.63. The van der Waals surface area contributed by atoms with Crippen molar-refractivity contribution in [3.8, 4) is 0 Å². The van der Waals surface area contributed by atoms with Crippen LogP contribution in [0.4, 0.5) is 0 Å². The molecule has 1 saturated heterocycles. The number of allylic oxidation sites excluding steroid dienone is 1. The van der Waals surface area contributed by atoms with E-state index < -0.39 is 12.0 Å². The van der Waals surface area contributed by atoms with Crippen LogP contribution in [0, 0.1) is 0 Å². The maximum Gasteiger partial charge on any atom is 0.326 e. The Morgan fingerprint density at radius 1 is 1.33 bits per heavy atom. The van der Waals surface area contributed by atoms with E-state index in [1.165, 1.54) is 11.0 Å². The number of likely N-dealkylation sites (tertiary alicyclic amines) is 1. The topological polar surface area (TPSA) is 57.6 Å². The van der Waals surface area contributed by atoms with Crippen molar-refractivity contribution < 1.29 is 14.7 Å². The highest BCUT2D eigenvalue weighted by Gasteiger charge is 2.29. The smallest absolute Gasteiger partial charge is 0.326 e. The summed E-state index contributed by atoms with van der Waals surface area (Å²) < 4.78 is 0. The Morgan fingerprint density at radius 2 is 2.07 bits per heavy atom. The molecule has 1 unspecified atom stereocenters. The summed E-state index contributed by atoms with van der Waals surface area (Å²) in [6, 6.07) is -0.642. The van der Waals surface area contributed by atoms with E-state index in [0.717, 1.165) is 19.3 Å². The van der Waals surface area contributed by atoms with Gasteiger partial charge in [-0.1, -0.05) is 18.9 Å². The van der Waals surface area contributed by atoms with Gasteiger partial charge < -0.3 is 10.0 Å². The summed E-state index contributed by atoms with van der Waals surface area (Å²) in [4.78, 5) is 24.1. The molecule has 1 fully saturated rings. The van der Waals surface area contributed by atoms with Gasteiger partial charge in [-0.05, 0) is 25.8 Å². The fraction of sp³-hybridized carbons (Fsp3) is 0.636. The van der Waals surface area contributed by atoms with Gasteiger partial charge in [-0.3, -0.25) is 4.79 Å². The van der Waals surface area contributed by atoms with Gasteiger partial charge in [0.25, 0.3) is 0 Å². The molecule has 0 radical (unpaired) electrons. The predicted molar refractivity (Wildman–Crippen MR) is 56.4 cm³/mol. The highest BCUT2D eigenvalue weighted by molar-refractivity contribution is 5.91. The van der Waals surface area contributed by atoms with Crippen molar-refractivity contribution in [2.24, 2.45) is 0 Å². The Morgan fingerprint density at radius 3 is 2.67 bits per heavy atom. The third-order valence-corrected chi connectivity index (χ3v) is 2.63. The highest BCUT2D eigenvalue weighted by Crippen LogP contribution is 2.17. The molecule has 0 saturated carbocycles. The molecule has 0 aromatic rings. The van der Waals surface area contributed by atoms with E-state index in [9.17, 15) is 9.59 Å². The number of carboxylic acids is 1. The average Bonchev–Trinajstić information content (AvgIpc) is 2.42. The Labute approximate surface area is 89.6 Å². The Kier molecular flexibility index (Phi) is 4.34. The number of carbonyl (C=O) groups is 2. The summed E-state index contributed by atoms with van der Waals surface area (Å²) in [5.74, 6) is -1.08. The second-order valence-corrected chi connectivity index (χ2v) is 3.74. The summed E-state index contributed by atoms with van der Waals surface area (Å²) in [5.41, 5.74) is 0. The molecule has 0 aromatic heterocycles. The Balaban J connectivity index is 2.78. The van der Waals surface area contributed by atoms with E-state index in [1.54, 1.807) is 13.0 Å². The minimum absolute atomic E-state index is 0.188. The van der Waals surface area contributed by atoms with E-state index in [2.05, 4.69) is 0 Å². The monoisotopic (exact) mass is 211 g/mol. The first-order valence-electron chi connectivity index (χ1n) is 5.33. The zero-order chi connectivity index (χ0) is 11.3. The molecule has 1 aliphatic rings. The van der Waals surface area contributed by atoms with Gasteiger partial charge in [-0.2, -0.15) is 0 Å². The molecule has 0 bridgehead atoms. The zero-order valence-electron chi connectivity index (χ0n) is 8.98. The average molecular weight is 211 g/mol. The number of carbonyl (C=O) groups excluding carboxylic acids is 1. The van der Waals surface area contributed by atoms with E-state index in [1.807, 2.05) is 0 Å². The standard InChI is InChI=1S/C11H17NO3/c1-2-6-10(13)12-8-5-3-4-7-9(12)11(14)15/h2,6,9H,3-5,7-8H2,1H3,(H,14,15)/b6-2+. The molecule has 4 heteroatoms. The van der Waals surface area contributed by atoms with Crippen molar-refractivity contribution in [2.75, 3.05) is 6.54 Å². The fourth-order valence-corrected chi connectivity index (χ4v) is 1.87. The van der Waals surface area contributed by atoms with Crippen LogP contribution in [0.25, 0.3) is 0 Å². The molecule has 1 heterocycles. The molecular formula is C11H17NO3. The molecule has 0 aliphatic carbocycles. The number of hydrogen-bond acceptors (Lipinski definition) is 2. The van der Waals surface area contributed by atoms with Gasteiger partial charge in [0, 0.05) is 6.54 Å². The number of hydrogen-bond donors (Lipinski definition) is 1. The van der Waals surface area contributed by atoms with Crippen LogP contribution in [0.5, 0.6) is 0 Å². The lowest BCUT2D eigenvalue weighted by molar-refractivity contribution is -0.148. The number of aliphatic carboxylic acids is 1. The SMILES string of the molecule is C/C=C/C(=O)N1CCCCCC1C(=O)O. The molecule has 15 heavy (non-hydrogen) atoms. The molecule has 0 spiro atoms. The first kappa shape index (κ1) is 11.8. The Bertz CT molecular complexity index is 273. The van der Waals surface area contributed by atoms with Crippen molar-refractivity contribution in [1.29, 1.82) is 0 Å². The molecule has 84 valence electrons. The summed E-state index contributed by atoms with van der Waals surface area (Å²) in [6.07, 6.45) is 6.43. The Hall–Kier alpha value is -1.32. The largest absolute Gasteiger partial charge is 0.480 e. The first-order valence-corrected chi connectivity index (χ1v) is 5.33. The van der Waals surface area contributed by atoms with Gasteiger partial charge in [0.15, 0.2) is 0 Å². The highest BCUT2D eigenvalue weighted by atomic mass is 16.4. The number of amides is 1. The van der Waals surface area contributed by atoms with Crippen LogP contribution in [0.1, 0.15) is 32.6 Å². The van der Waals surface area contributed by atoms with Crippen LogP contribution in [0.15, 0.2) is 12.2 Å². The molecule has 1 aliphatic heterocycles. The van der Waals surface area contributed by atoms with E-state index in [0.29, 0.717) is 13.0 Å². The molecule has 4 nitrogen and oxygen atoms in total. The van der Waals surface area contributed by atoms with Gasteiger partial charge >= 0.3 is 5.97 Å². The molecule has 1 N–H and O–H groups in total. The van der Waals surface area contributed by atoms with Crippen LogP contribution in [-0.2, 0) is 9.59 Å². The maximum absolute atomic E-state index is 11.6. The quantitative estimate of drug-likeness (QED) is 0.703. The van der Waals surface area contributed by atoms with Gasteiger partial charge in [-0.25, -0.2) is 4.79 Å². The van der Waals surface area contributed by atoms with Crippen molar-refractivity contribution in [2.45, 2.75) is 38.6 Å². The minimum Gasteiger partial charge on any atom is -0.480 e. The van der Waals surface area contributed by atoms with Crippen LogP contribution >= 0.6 is 0 Å². The van der Waals surface area contributed by atoms with Crippen molar-refractivity contribution in [1.82, 2.24) is 4.90 Å². The molecule has 1 amide bonds. The summed E-state index contributed by atoms with van der Waals surface area (Å²) in [7, 11) is 0. The lowest BCUT2D eigenvalue weighted by atomic mass is 10.1. The third kappa shape index (κ3) is 3.08. The minimum atomic E-state index is -0.894. The first-order chi connectivity index (χ1) is 7.16. The van der Waals surface area contributed by atoms with Gasteiger partial charge in [0.1, 0.15) is 6.04 Å². The summed E-state index contributed by atoms with van der Waals surface area (Å²) in [6.45, 7) is 2.31. The van der Waals surface area contributed by atoms with Crippen molar-refractivity contribution >= 4 is 11.9 Å². The lowest BCUT2D eigenvalue weighted by Gasteiger charge is -2.25. The van der Waals surface area contributed by atoms with Gasteiger partial charge in [-0.15, -0.1) is 0 Å². The summed E-state index contributed by atoms with van der Waals surface area (Å²) >= 11 is 0. The van der Waals surface area contributed by atoms with E-state index in [-0.39, 0.29) is 5.91 Å². The summed E-state index contributed by atoms with van der Waals surface area (Å²) in [5, 5.41) is 9.03. The maximum atomic E-state index is 11.6. The van der Waals surface area contributed by atoms with Crippen LogP contribution < -0.4 is 0 Å². The van der Waals surface area contributed by atoms with Gasteiger partial charge in [0.2, 0.25) is 5.91 Å². The van der Waals surface area contributed by atoms with Crippen LogP contribution in [0.3, 0.4) is 0 Å². The van der Waals surface area contributed by atoms with Gasteiger partial charge in [0.05, 0.1) is 0 Å². The van der Waals surface area contributed by atoms with Crippen LogP contribution in [0.2, 0.25) is 0 Å². The molecular weight excluding hydrogens is 194 g/mol. The zero-order valence-corrected chi connectivity index (χ0v) is 8.98. The van der Waals surface area contributed by atoms with E-state index >= 15 is 0 Å². The molecule has 1 atom stereocenters. The second kappa shape index (κ2) is 5.53. The lowest BCUT2D eigenvalue weighted by Crippen LogP contribution is -2.43. The second-order valence-electron chi connectivity index (χ2n) is 3.74.